The molecule has 0 saturated heterocycles. The molecule has 0 atom stereocenters. The first-order valence-corrected chi connectivity index (χ1v) is 9.97. The monoisotopic (exact) mass is 369 g/mol. The third kappa shape index (κ3) is 5.11. The highest BCUT2D eigenvalue weighted by Gasteiger charge is 2.49. The number of carbonyl (C=O) groups excluding carboxylic acids is 1. The Morgan fingerprint density at radius 1 is 1.04 bits per heavy atom. The first-order valence-electron chi connectivity index (χ1n) is 8.81. The average Bonchev–Trinajstić information content (AvgIpc) is 3.41. The number of amides is 1. The molecule has 5 heteroatoms. The van der Waals surface area contributed by atoms with Gasteiger partial charge in [-0.25, -0.2) is 0 Å². The molecule has 0 spiro atoms. The quantitative estimate of drug-likeness (QED) is 0.645. The van der Waals surface area contributed by atoms with Gasteiger partial charge < -0.3 is 10.4 Å². The van der Waals surface area contributed by atoms with Crippen molar-refractivity contribution in [3.8, 4) is 0 Å². The van der Waals surface area contributed by atoms with Crippen LogP contribution in [0.5, 0.6) is 0 Å². The lowest BCUT2D eigenvalue weighted by molar-refractivity contribution is -0.136. The van der Waals surface area contributed by atoms with Crippen molar-refractivity contribution >= 4 is 29.3 Å². The number of nitrogens with one attached hydrogen (secondary N) is 1. The van der Waals surface area contributed by atoms with Gasteiger partial charge in [-0.3, -0.25) is 9.59 Å². The lowest BCUT2D eigenvalue weighted by Crippen LogP contribution is -2.26. The van der Waals surface area contributed by atoms with Crippen molar-refractivity contribution in [1.29, 1.82) is 0 Å². The molecule has 1 aliphatic carbocycles. The number of carbonyl (C=O) groups is 2. The molecule has 26 heavy (non-hydrogen) atoms. The molecule has 1 fully saturated rings. The molecule has 2 aromatic rings. The van der Waals surface area contributed by atoms with Gasteiger partial charge in [-0.15, -0.1) is 0 Å². The van der Waals surface area contributed by atoms with Gasteiger partial charge in [0.25, 0.3) is 0 Å². The molecular formula is C21H23NO3S. The van der Waals surface area contributed by atoms with Crippen LogP contribution in [0.2, 0.25) is 0 Å². The van der Waals surface area contributed by atoms with E-state index in [1.807, 2.05) is 42.5 Å². The maximum Gasteiger partial charge on any atom is 0.304 e. The van der Waals surface area contributed by atoms with Gasteiger partial charge in [-0.2, -0.15) is 11.8 Å². The highest BCUT2D eigenvalue weighted by molar-refractivity contribution is 7.98. The van der Waals surface area contributed by atoms with Crippen molar-refractivity contribution in [2.75, 3.05) is 11.1 Å². The van der Waals surface area contributed by atoms with Crippen molar-refractivity contribution in [1.82, 2.24) is 0 Å². The van der Waals surface area contributed by atoms with Crippen LogP contribution in [0.1, 0.15) is 30.4 Å². The zero-order valence-electron chi connectivity index (χ0n) is 14.6. The molecule has 0 radical (unpaired) electrons. The van der Waals surface area contributed by atoms with Crippen LogP contribution in [-0.4, -0.2) is 22.7 Å². The Balaban J connectivity index is 1.56. The van der Waals surface area contributed by atoms with Crippen LogP contribution in [0.3, 0.4) is 0 Å². The van der Waals surface area contributed by atoms with E-state index in [4.69, 9.17) is 5.11 Å². The zero-order chi connectivity index (χ0) is 18.4. The van der Waals surface area contributed by atoms with Gasteiger partial charge in [-0.05, 0) is 42.5 Å². The van der Waals surface area contributed by atoms with Gasteiger partial charge >= 0.3 is 5.97 Å². The summed E-state index contributed by atoms with van der Waals surface area (Å²) in [7, 11) is 0. The van der Waals surface area contributed by atoms with Gasteiger partial charge in [0, 0.05) is 17.2 Å². The van der Waals surface area contributed by atoms with E-state index in [2.05, 4.69) is 17.4 Å². The molecule has 3 rings (SSSR count). The summed E-state index contributed by atoms with van der Waals surface area (Å²) in [5.74, 6) is 0.654. The molecule has 0 aromatic heterocycles. The Hall–Kier alpha value is -2.27. The highest BCUT2D eigenvalue weighted by atomic mass is 32.2. The Morgan fingerprint density at radius 3 is 2.46 bits per heavy atom. The second kappa shape index (κ2) is 8.41. The van der Waals surface area contributed by atoms with Gasteiger partial charge in [0.05, 0.1) is 11.8 Å². The number of carboxylic acids is 1. The average molecular weight is 369 g/mol. The van der Waals surface area contributed by atoms with Crippen LogP contribution < -0.4 is 5.32 Å². The first-order chi connectivity index (χ1) is 12.6. The van der Waals surface area contributed by atoms with Gasteiger partial charge in [0.15, 0.2) is 0 Å². The molecule has 0 unspecified atom stereocenters. The number of hydrogen-bond acceptors (Lipinski definition) is 3. The van der Waals surface area contributed by atoms with Crippen LogP contribution in [0.25, 0.3) is 0 Å². The third-order valence-corrected chi connectivity index (χ3v) is 5.66. The molecule has 0 bridgehead atoms. The SMILES string of the molecule is O=C(O)CCSCc1cccc(NC(=O)C2(Cc3ccccc3)CC2)c1. The van der Waals surface area contributed by atoms with Crippen LogP contribution in [0.4, 0.5) is 5.69 Å². The minimum atomic E-state index is -0.772. The summed E-state index contributed by atoms with van der Waals surface area (Å²) in [6.45, 7) is 0. The van der Waals surface area contributed by atoms with Gasteiger partial charge in [0.1, 0.15) is 0 Å². The van der Waals surface area contributed by atoms with Crippen molar-refractivity contribution in [3.63, 3.8) is 0 Å². The Bertz CT molecular complexity index is 772. The Morgan fingerprint density at radius 2 is 1.77 bits per heavy atom. The molecule has 0 heterocycles. The lowest BCUT2D eigenvalue weighted by atomic mass is 9.95. The topological polar surface area (TPSA) is 66.4 Å². The fourth-order valence-electron chi connectivity index (χ4n) is 2.97. The molecule has 2 N–H and O–H groups in total. The second-order valence-electron chi connectivity index (χ2n) is 6.79. The molecular weight excluding hydrogens is 346 g/mol. The van der Waals surface area contributed by atoms with Gasteiger partial charge in [-0.1, -0.05) is 42.5 Å². The minimum Gasteiger partial charge on any atom is -0.481 e. The van der Waals surface area contributed by atoms with E-state index >= 15 is 0 Å². The fraction of sp³-hybridized carbons (Fsp3) is 0.333. The maximum atomic E-state index is 12.8. The van der Waals surface area contributed by atoms with E-state index in [0.29, 0.717) is 5.75 Å². The van der Waals surface area contributed by atoms with E-state index in [-0.39, 0.29) is 17.7 Å². The predicted molar refractivity (Wildman–Crippen MR) is 105 cm³/mol. The molecule has 2 aromatic carbocycles. The Labute approximate surface area is 158 Å². The van der Waals surface area contributed by atoms with Gasteiger partial charge in [0.2, 0.25) is 5.91 Å². The van der Waals surface area contributed by atoms with Crippen LogP contribution >= 0.6 is 11.8 Å². The lowest BCUT2D eigenvalue weighted by Gasteiger charge is -2.16. The molecule has 1 amide bonds. The number of carboxylic acid groups (broad SMARTS) is 1. The minimum absolute atomic E-state index is 0.0945. The van der Waals surface area contributed by atoms with Crippen LogP contribution in [0.15, 0.2) is 54.6 Å². The smallest absolute Gasteiger partial charge is 0.304 e. The summed E-state index contributed by atoms with van der Waals surface area (Å²) >= 11 is 1.59. The molecule has 4 nitrogen and oxygen atoms in total. The number of anilines is 1. The summed E-state index contributed by atoms with van der Waals surface area (Å²) in [5.41, 5.74) is 2.83. The van der Waals surface area contributed by atoms with E-state index < -0.39 is 5.97 Å². The summed E-state index contributed by atoms with van der Waals surface area (Å²) in [6.07, 6.45) is 2.81. The standard InChI is InChI=1S/C21H23NO3S/c23-19(24)9-12-26-15-17-7-4-8-18(13-17)22-20(25)21(10-11-21)14-16-5-2-1-3-6-16/h1-8,13H,9-12,14-15H2,(H,22,25)(H,23,24). The largest absolute Gasteiger partial charge is 0.481 e. The normalized spacial score (nSPS) is 14.6. The van der Waals surface area contributed by atoms with E-state index in [1.54, 1.807) is 11.8 Å². The fourth-order valence-corrected chi connectivity index (χ4v) is 3.85. The second-order valence-corrected chi connectivity index (χ2v) is 7.90. The summed E-state index contributed by atoms with van der Waals surface area (Å²) in [5, 5.41) is 11.8. The van der Waals surface area contributed by atoms with E-state index in [9.17, 15) is 9.59 Å². The molecule has 0 aliphatic heterocycles. The summed E-state index contributed by atoms with van der Waals surface area (Å²) in [6, 6.07) is 18.0. The Kier molecular flexibility index (Phi) is 5.99. The first kappa shape index (κ1) is 18.5. The number of aliphatic carboxylic acids is 1. The van der Waals surface area contributed by atoms with Crippen LogP contribution in [0, 0.1) is 5.41 Å². The van der Waals surface area contributed by atoms with Crippen LogP contribution in [-0.2, 0) is 21.8 Å². The maximum absolute atomic E-state index is 12.8. The molecule has 1 saturated carbocycles. The van der Waals surface area contributed by atoms with E-state index in [0.717, 1.165) is 36.3 Å². The van der Waals surface area contributed by atoms with E-state index in [1.165, 1.54) is 5.56 Å². The highest BCUT2D eigenvalue weighted by Crippen LogP contribution is 2.49. The van der Waals surface area contributed by atoms with Crippen molar-refractivity contribution in [3.05, 3.63) is 65.7 Å². The third-order valence-electron chi connectivity index (χ3n) is 4.63. The summed E-state index contributed by atoms with van der Waals surface area (Å²) in [4.78, 5) is 23.3. The molecule has 136 valence electrons. The summed E-state index contributed by atoms with van der Waals surface area (Å²) < 4.78 is 0. The van der Waals surface area contributed by atoms with Crippen molar-refractivity contribution in [2.24, 2.45) is 5.41 Å². The number of rotatable bonds is 9. The molecule has 1 aliphatic rings. The van der Waals surface area contributed by atoms with Crippen molar-refractivity contribution in [2.45, 2.75) is 31.4 Å². The van der Waals surface area contributed by atoms with Crippen molar-refractivity contribution < 1.29 is 14.7 Å². The predicted octanol–water partition coefficient (Wildman–Crippen LogP) is 4.36. The number of benzene rings is 2. The number of thioether (sulfide) groups is 1. The zero-order valence-corrected chi connectivity index (χ0v) is 15.4. The number of hydrogen-bond donors (Lipinski definition) is 2.